The van der Waals surface area contributed by atoms with Gasteiger partial charge < -0.3 is 14.8 Å². The number of hydrogen-bond donors (Lipinski definition) is 1. The predicted octanol–water partition coefficient (Wildman–Crippen LogP) is 3.40. The van der Waals surface area contributed by atoms with E-state index in [4.69, 9.17) is 16.3 Å². The van der Waals surface area contributed by atoms with Gasteiger partial charge in [-0.05, 0) is 44.3 Å². The molecule has 1 fully saturated rings. The third kappa shape index (κ3) is 6.54. The summed E-state index contributed by atoms with van der Waals surface area (Å²) in [5.41, 5.74) is -4.68. The molecular weight excluding hydrogens is 484 g/mol. The van der Waals surface area contributed by atoms with Gasteiger partial charge in [0.15, 0.2) is 5.54 Å². The molecule has 1 aromatic rings. The molecule has 0 aromatic heterocycles. The number of carbonyl (C=O) groups excluding carboxylic acids is 2. The van der Waals surface area contributed by atoms with Gasteiger partial charge in [-0.1, -0.05) is 11.6 Å². The standard InChI is InChI=1S/C21H23ClF4N4O4/c1-20(13(10-27-2)11-28-3,19(32)29-14-8-9-33-12-14)30(18(31)17(22)23)15-4-6-16(7-5-15)34-21(24,25)26/h4-7,10-11,14,17H,2,8-9,12H2,1,3H3,(H,29,32)/b13-10+,28-11-/t14?,17-,20+/m0/s1. The summed E-state index contributed by atoms with van der Waals surface area (Å²) in [5.74, 6) is -2.68. The quantitative estimate of drug-likeness (QED) is 0.316. The van der Waals surface area contributed by atoms with Gasteiger partial charge in [0.2, 0.25) is 0 Å². The number of carbonyl (C=O) groups is 2. The third-order valence-corrected chi connectivity index (χ3v) is 5.14. The first-order valence-corrected chi connectivity index (χ1v) is 10.3. The highest BCUT2D eigenvalue weighted by atomic mass is 35.5. The van der Waals surface area contributed by atoms with E-state index < -0.39 is 35.1 Å². The molecule has 0 bridgehead atoms. The van der Waals surface area contributed by atoms with E-state index in [1.807, 2.05) is 0 Å². The lowest BCUT2D eigenvalue weighted by molar-refractivity contribution is -0.274. The van der Waals surface area contributed by atoms with Crippen molar-refractivity contribution in [1.82, 2.24) is 5.32 Å². The van der Waals surface area contributed by atoms with Gasteiger partial charge in [0, 0.05) is 37.3 Å². The molecule has 1 N–H and O–H groups in total. The molecule has 34 heavy (non-hydrogen) atoms. The Balaban J connectivity index is 2.65. The summed E-state index contributed by atoms with van der Waals surface area (Å²) in [6.45, 7) is 5.28. The number of nitrogens with one attached hydrogen (secondary N) is 1. The molecule has 1 aliphatic rings. The molecule has 2 amide bonds. The summed E-state index contributed by atoms with van der Waals surface area (Å²) in [4.78, 5) is 34.7. The lowest BCUT2D eigenvalue weighted by Gasteiger charge is -2.41. The van der Waals surface area contributed by atoms with Crippen molar-refractivity contribution in [2.24, 2.45) is 9.98 Å². The molecule has 8 nitrogen and oxygen atoms in total. The van der Waals surface area contributed by atoms with Crippen LogP contribution in [0.25, 0.3) is 0 Å². The zero-order valence-corrected chi connectivity index (χ0v) is 19.1. The van der Waals surface area contributed by atoms with Gasteiger partial charge in [-0.25, -0.2) is 4.39 Å². The molecule has 3 atom stereocenters. The minimum Gasteiger partial charge on any atom is -0.406 e. The fourth-order valence-corrected chi connectivity index (χ4v) is 3.46. The van der Waals surface area contributed by atoms with Gasteiger partial charge in [-0.15, -0.1) is 13.2 Å². The number of ether oxygens (including phenoxy) is 2. The Morgan fingerprint density at radius 2 is 2.00 bits per heavy atom. The number of hydrogen-bond acceptors (Lipinski definition) is 6. The van der Waals surface area contributed by atoms with Crippen molar-refractivity contribution in [1.29, 1.82) is 0 Å². The second-order valence-corrected chi connectivity index (χ2v) is 7.66. The maximum atomic E-state index is 14.1. The van der Waals surface area contributed by atoms with Crippen molar-refractivity contribution in [3.05, 3.63) is 36.0 Å². The lowest BCUT2D eigenvalue weighted by Crippen LogP contribution is -2.63. The number of amides is 2. The molecular formula is C21H23ClF4N4O4. The van der Waals surface area contributed by atoms with Crippen LogP contribution in [0.15, 0.2) is 46.0 Å². The van der Waals surface area contributed by atoms with Crippen LogP contribution in [0.3, 0.4) is 0 Å². The Bertz CT molecular complexity index is 947. The minimum atomic E-state index is -4.95. The van der Waals surface area contributed by atoms with E-state index in [9.17, 15) is 27.2 Å². The van der Waals surface area contributed by atoms with E-state index in [1.165, 1.54) is 20.2 Å². The van der Waals surface area contributed by atoms with Gasteiger partial charge in [0.1, 0.15) is 5.75 Å². The van der Waals surface area contributed by atoms with Crippen LogP contribution in [0.4, 0.5) is 23.2 Å². The second-order valence-electron chi connectivity index (χ2n) is 7.28. The van der Waals surface area contributed by atoms with E-state index in [-0.39, 0.29) is 23.9 Å². The Labute approximate surface area is 198 Å². The van der Waals surface area contributed by atoms with E-state index in [0.717, 1.165) is 35.4 Å². The van der Waals surface area contributed by atoms with E-state index in [2.05, 4.69) is 26.8 Å². The Hall–Kier alpha value is -2.99. The molecule has 1 heterocycles. The maximum absolute atomic E-state index is 14.1. The normalized spacial score (nSPS) is 19.4. The highest BCUT2D eigenvalue weighted by Gasteiger charge is 2.48. The SMILES string of the molecule is C=N/C=C(\C=N/C)[C@](C)(C(=O)NC1CCOC1)N(C(=O)[C@H](F)Cl)c1ccc(OC(F)(F)F)cc1. The fourth-order valence-electron chi connectivity index (χ4n) is 3.36. The van der Waals surface area contributed by atoms with Crippen molar-refractivity contribution < 1.29 is 36.6 Å². The molecule has 0 radical (unpaired) electrons. The first kappa shape index (κ1) is 27.3. The van der Waals surface area contributed by atoms with E-state index in [1.54, 1.807) is 0 Å². The summed E-state index contributed by atoms with van der Waals surface area (Å²) < 4.78 is 60.9. The van der Waals surface area contributed by atoms with Gasteiger partial charge in [0.25, 0.3) is 17.4 Å². The number of anilines is 1. The van der Waals surface area contributed by atoms with Gasteiger partial charge in [-0.2, -0.15) is 0 Å². The van der Waals surface area contributed by atoms with Crippen LogP contribution in [0.5, 0.6) is 5.75 Å². The molecule has 0 saturated carbocycles. The Morgan fingerprint density at radius 1 is 1.35 bits per heavy atom. The fraction of sp³-hybridized carbons (Fsp3) is 0.429. The highest BCUT2D eigenvalue weighted by Crippen LogP contribution is 2.34. The molecule has 0 aliphatic carbocycles. The van der Waals surface area contributed by atoms with Crippen LogP contribution >= 0.6 is 11.6 Å². The van der Waals surface area contributed by atoms with Gasteiger partial charge in [0.05, 0.1) is 12.6 Å². The van der Waals surface area contributed by atoms with Crippen molar-refractivity contribution in [3.63, 3.8) is 0 Å². The van der Waals surface area contributed by atoms with Crippen LogP contribution in [0.1, 0.15) is 13.3 Å². The molecule has 0 spiro atoms. The molecule has 1 aromatic carbocycles. The van der Waals surface area contributed by atoms with Crippen LogP contribution in [0, 0.1) is 0 Å². The first-order valence-electron chi connectivity index (χ1n) is 9.89. The van der Waals surface area contributed by atoms with Crippen molar-refractivity contribution in [3.8, 4) is 5.75 Å². The highest BCUT2D eigenvalue weighted by molar-refractivity contribution is 6.32. The zero-order chi connectivity index (χ0) is 25.5. The van der Waals surface area contributed by atoms with Crippen molar-refractivity contribution >= 4 is 42.0 Å². The summed E-state index contributed by atoms with van der Waals surface area (Å²) in [7, 11) is 1.40. The maximum Gasteiger partial charge on any atom is 0.573 e. The monoisotopic (exact) mass is 506 g/mol. The first-order chi connectivity index (χ1) is 15.9. The van der Waals surface area contributed by atoms with Gasteiger partial charge >= 0.3 is 6.36 Å². The predicted molar refractivity (Wildman–Crippen MR) is 119 cm³/mol. The molecule has 1 unspecified atom stereocenters. The Morgan fingerprint density at radius 3 is 2.47 bits per heavy atom. The van der Waals surface area contributed by atoms with Crippen LogP contribution in [0.2, 0.25) is 0 Å². The Kier molecular flexibility index (Phi) is 9.16. The molecule has 186 valence electrons. The number of aliphatic imine (C=N–C) groups is 2. The molecule has 1 saturated heterocycles. The molecule has 2 rings (SSSR count). The number of halogens is 5. The minimum absolute atomic E-state index is 0.0303. The summed E-state index contributed by atoms with van der Waals surface area (Å²) >= 11 is 5.46. The van der Waals surface area contributed by atoms with Crippen molar-refractivity contribution in [2.45, 2.75) is 36.9 Å². The number of alkyl halides is 5. The summed E-state index contributed by atoms with van der Waals surface area (Å²) in [6, 6.07) is 3.56. The number of rotatable bonds is 9. The van der Waals surface area contributed by atoms with Crippen LogP contribution < -0.4 is 15.0 Å². The lowest BCUT2D eigenvalue weighted by atomic mass is 9.88. The second kappa shape index (κ2) is 11.4. The van der Waals surface area contributed by atoms with E-state index >= 15 is 0 Å². The van der Waals surface area contributed by atoms with Crippen LogP contribution in [-0.2, 0) is 14.3 Å². The molecule has 13 heteroatoms. The number of benzene rings is 1. The average molecular weight is 507 g/mol. The zero-order valence-electron chi connectivity index (χ0n) is 18.3. The summed E-state index contributed by atoms with van der Waals surface area (Å²) in [6.07, 6.45) is -2.07. The number of nitrogens with zero attached hydrogens (tertiary/aromatic N) is 3. The third-order valence-electron chi connectivity index (χ3n) is 4.95. The summed E-state index contributed by atoms with van der Waals surface area (Å²) in [5, 5.41) is 2.74. The van der Waals surface area contributed by atoms with E-state index in [0.29, 0.717) is 13.0 Å². The van der Waals surface area contributed by atoms with Crippen molar-refractivity contribution in [2.75, 3.05) is 25.2 Å². The van der Waals surface area contributed by atoms with Gasteiger partial charge in [-0.3, -0.25) is 24.5 Å². The molecule has 1 aliphatic heterocycles. The smallest absolute Gasteiger partial charge is 0.406 e. The largest absolute Gasteiger partial charge is 0.573 e. The van der Waals surface area contributed by atoms with Crippen LogP contribution in [-0.4, -0.2) is 68.6 Å². The average Bonchev–Trinajstić information content (AvgIpc) is 3.26. The topological polar surface area (TPSA) is 92.6 Å².